The van der Waals surface area contributed by atoms with E-state index >= 15 is 0 Å². The van der Waals surface area contributed by atoms with Gasteiger partial charge in [-0.3, -0.25) is 0 Å². The maximum absolute atomic E-state index is 15.0. The molecule has 4 heteroatoms. The first kappa shape index (κ1) is 21.2. The van der Waals surface area contributed by atoms with Gasteiger partial charge in [-0.1, -0.05) is 69.5 Å². The lowest BCUT2D eigenvalue weighted by molar-refractivity contribution is -0.0505. The Bertz CT molecular complexity index is 948. The molecule has 3 aromatic rings. The zero-order valence-electron chi connectivity index (χ0n) is 17.0. The number of benzene rings is 3. The Kier molecular flexibility index (Phi) is 7.18. The van der Waals surface area contributed by atoms with Crippen LogP contribution in [0.3, 0.4) is 0 Å². The maximum Gasteiger partial charge on any atom is 0.387 e. The van der Waals surface area contributed by atoms with Gasteiger partial charge in [-0.15, -0.1) is 0 Å². The quantitative estimate of drug-likeness (QED) is 0.331. The molecular weight excluding hydrogens is 373 g/mol. The molecule has 0 saturated heterocycles. The summed E-state index contributed by atoms with van der Waals surface area (Å²) >= 11 is 0. The third-order valence-corrected chi connectivity index (χ3v) is 5.21. The minimum Gasteiger partial charge on any atom is -0.434 e. The zero-order chi connectivity index (χ0) is 20.8. The van der Waals surface area contributed by atoms with Crippen LogP contribution in [-0.2, 0) is 12.8 Å². The van der Waals surface area contributed by atoms with Gasteiger partial charge in [0.15, 0.2) is 0 Å². The number of hydrogen-bond acceptors (Lipinski definition) is 1. The van der Waals surface area contributed by atoms with Gasteiger partial charge >= 0.3 is 6.61 Å². The Labute approximate surface area is 170 Å². The summed E-state index contributed by atoms with van der Waals surface area (Å²) in [6, 6.07) is 15.3. The SMILES string of the molecule is CCCCCc1ccc(-c2ccc3c(F)c(CCC)c(OC(F)F)cc3c2)cc1. The Morgan fingerprint density at radius 3 is 2.21 bits per heavy atom. The van der Waals surface area contributed by atoms with Crippen molar-refractivity contribution >= 4 is 10.8 Å². The molecule has 3 aromatic carbocycles. The van der Waals surface area contributed by atoms with Crippen molar-refractivity contribution < 1.29 is 17.9 Å². The number of aryl methyl sites for hydroxylation is 1. The minimum atomic E-state index is -2.98. The van der Waals surface area contributed by atoms with Gasteiger partial charge in [-0.2, -0.15) is 8.78 Å². The monoisotopic (exact) mass is 400 g/mol. The number of halogens is 3. The molecule has 0 aromatic heterocycles. The highest BCUT2D eigenvalue weighted by Crippen LogP contribution is 2.34. The van der Waals surface area contributed by atoms with Crippen molar-refractivity contribution in [1.29, 1.82) is 0 Å². The summed E-state index contributed by atoms with van der Waals surface area (Å²) in [6.45, 7) is 1.09. The number of hydrogen-bond donors (Lipinski definition) is 0. The highest BCUT2D eigenvalue weighted by atomic mass is 19.3. The van der Waals surface area contributed by atoms with Crippen molar-refractivity contribution in [3.05, 3.63) is 65.5 Å². The van der Waals surface area contributed by atoms with Crippen molar-refractivity contribution in [2.75, 3.05) is 0 Å². The number of ether oxygens (including phenoxy) is 1. The first-order valence-corrected chi connectivity index (χ1v) is 10.3. The molecule has 0 fully saturated rings. The van der Waals surface area contributed by atoms with Crippen LogP contribution in [0.25, 0.3) is 21.9 Å². The molecule has 154 valence electrons. The third-order valence-electron chi connectivity index (χ3n) is 5.21. The number of alkyl halides is 2. The minimum absolute atomic E-state index is 0.0738. The van der Waals surface area contributed by atoms with Crippen LogP contribution in [0.1, 0.15) is 50.7 Å². The van der Waals surface area contributed by atoms with Gasteiger partial charge in [-0.25, -0.2) is 4.39 Å². The topological polar surface area (TPSA) is 9.23 Å². The van der Waals surface area contributed by atoms with Crippen molar-refractivity contribution in [2.24, 2.45) is 0 Å². The molecule has 0 N–H and O–H groups in total. The summed E-state index contributed by atoms with van der Waals surface area (Å²) in [5.41, 5.74) is 3.44. The molecule has 0 aliphatic carbocycles. The molecule has 0 spiro atoms. The van der Waals surface area contributed by atoms with Crippen molar-refractivity contribution in [3.8, 4) is 16.9 Å². The predicted octanol–water partition coefficient (Wildman–Crippen LogP) is 7.93. The highest BCUT2D eigenvalue weighted by molar-refractivity contribution is 5.90. The van der Waals surface area contributed by atoms with Crippen LogP contribution in [0.2, 0.25) is 0 Å². The van der Waals surface area contributed by atoms with Gasteiger partial charge in [0.1, 0.15) is 11.6 Å². The lowest BCUT2D eigenvalue weighted by Crippen LogP contribution is -2.06. The average Bonchev–Trinajstić information content (AvgIpc) is 2.71. The van der Waals surface area contributed by atoms with E-state index in [2.05, 4.69) is 35.9 Å². The summed E-state index contributed by atoms with van der Waals surface area (Å²) < 4.78 is 45.2. The third kappa shape index (κ3) is 5.11. The van der Waals surface area contributed by atoms with Crippen molar-refractivity contribution in [1.82, 2.24) is 0 Å². The Morgan fingerprint density at radius 2 is 1.55 bits per heavy atom. The van der Waals surface area contributed by atoms with Crippen molar-refractivity contribution in [2.45, 2.75) is 59.0 Å². The van der Waals surface area contributed by atoms with Gasteiger partial charge in [0, 0.05) is 10.9 Å². The largest absolute Gasteiger partial charge is 0.434 e. The summed E-state index contributed by atoms with van der Waals surface area (Å²) in [5, 5.41) is 0.984. The van der Waals surface area contributed by atoms with Crippen molar-refractivity contribution in [3.63, 3.8) is 0 Å². The number of fused-ring (bicyclic) bond motifs is 1. The second kappa shape index (κ2) is 9.82. The fourth-order valence-electron chi connectivity index (χ4n) is 3.69. The number of rotatable bonds is 9. The predicted molar refractivity (Wildman–Crippen MR) is 113 cm³/mol. The molecule has 3 rings (SSSR count). The van der Waals surface area contributed by atoms with Crippen LogP contribution < -0.4 is 4.74 Å². The first-order chi connectivity index (χ1) is 14.0. The Morgan fingerprint density at radius 1 is 0.828 bits per heavy atom. The molecule has 0 unspecified atom stereocenters. The summed E-state index contributed by atoms with van der Waals surface area (Å²) in [6.07, 6.45) is 5.66. The molecule has 0 atom stereocenters. The molecule has 0 saturated carbocycles. The summed E-state index contributed by atoms with van der Waals surface area (Å²) in [7, 11) is 0. The molecular formula is C25H27F3O. The molecule has 0 radical (unpaired) electrons. The van der Waals surface area contributed by atoms with Gasteiger partial charge in [0.05, 0.1) is 0 Å². The molecule has 0 aliphatic heterocycles. The van der Waals surface area contributed by atoms with E-state index in [0.29, 0.717) is 23.6 Å². The zero-order valence-corrected chi connectivity index (χ0v) is 17.0. The second-order valence-electron chi connectivity index (χ2n) is 7.39. The van der Waals surface area contributed by atoms with Gasteiger partial charge in [-0.05, 0) is 53.5 Å². The Balaban J connectivity index is 1.95. The van der Waals surface area contributed by atoms with Crippen LogP contribution in [0, 0.1) is 5.82 Å². The smallest absolute Gasteiger partial charge is 0.387 e. The highest BCUT2D eigenvalue weighted by Gasteiger charge is 2.17. The Hall–Kier alpha value is -2.49. The number of unbranched alkanes of at least 4 members (excludes halogenated alkanes) is 2. The lowest BCUT2D eigenvalue weighted by atomic mass is 9.96. The van der Waals surface area contributed by atoms with E-state index in [1.165, 1.54) is 30.9 Å². The van der Waals surface area contributed by atoms with E-state index in [1.807, 2.05) is 19.1 Å². The molecule has 0 bridgehead atoms. The van der Waals surface area contributed by atoms with Gasteiger partial charge < -0.3 is 4.74 Å². The van der Waals surface area contributed by atoms with Crippen LogP contribution in [0.15, 0.2) is 48.5 Å². The molecule has 0 aliphatic rings. The van der Waals surface area contributed by atoms with Gasteiger partial charge in [0.2, 0.25) is 0 Å². The van der Waals surface area contributed by atoms with Crippen LogP contribution in [0.5, 0.6) is 5.75 Å². The maximum atomic E-state index is 15.0. The summed E-state index contributed by atoms with van der Waals surface area (Å²) in [4.78, 5) is 0. The molecule has 29 heavy (non-hydrogen) atoms. The fraction of sp³-hybridized carbons (Fsp3) is 0.360. The van der Waals surface area contributed by atoms with Crippen LogP contribution in [0.4, 0.5) is 13.2 Å². The summed E-state index contributed by atoms with van der Waals surface area (Å²) in [5.74, 6) is -0.548. The van der Waals surface area contributed by atoms with E-state index in [1.54, 1.807) is 6.07 Å². The second-order valence-corrected chi connectivity index (χ2v) is 7.39. The van der Waals surface area contributed by atoms with E-state index in [4.69, 9.17) is 0 Å². The van der Waals surface area contributed by atoms with E-state index in [0.717, 1.165) is 17.5 Å². The standard InChI is InChI=1S/C25H27F3O/c1-3-5-6-8-17-9-11-18(12-10-17)19-13-14-21-20(15-19)16-23(29-25(27)28)22(7-4-2)24(21)26/h9-16,25H,3-8H2,1-2H3. The molecule has 1 nitrogen and oxygen atoms in total. The fourth-order valence-corrected chi connectivity index (χ4v) is 3.69. The van der Waals surface area contributed by atoms with Crippen LogP contribution in [-0.4, -0.2) is 6.61 Å². The van der Waals surface area contributed by atoms with E-state index in [-0.39, 0.29) is 11.3 Å². The first-order valence-electron chi connectivity index (χ1n) is 10.3. The lowest BCUT2D eigenvalue weighted by Gasteiger charge is -2.14. The molecule has 0 heterocycles. The van der Waals surface area contributed by atoms with E-state index in [9.17, 15) is 13.2 Å². The van der Waals surface area contributed by atoms with E-state index < -0.39 is 12.4 Å². The average molecular weight is 400 g/mol. The molecule has 0 amide bonds. The van der Waals surface area contributed by atoms with Crippen LogP contribution >= 0.6 is 0 Å². The normalized spacial score (nSPS) is 11.4. The van der Waals surface area contributed by atoms with Gasteiger partial charge in [0.25, 0.3) is 0 Å².